The van der Waals surface area contributed by atoms with E-state index in [1.165, 1.54) is 6.07 Å². The highest BCUT2D eigenvalue weighted by Gasteiger charge is 2.15. The summed E-state index contributed by atoms with van der Waals surface area (Å²) in [4.78, 5) is 12.0. The molecule has 1 atom stereocenters. The van der Waals surface area contributed by atoms with Gasteiger partial charge in [0.05, 0.1) is 10.6 Å². The van der Waals surface area contributed by atoms with Crippen LogP contribution in [0.2, 0.25) is 0 Å². The van der Waals surface area contributed by atoms with Crippen molar-refractivity contribution in [3.63, 3.8) is 0 Å². The van der Waals surface area contributed by atoms with E-state index >= 15 is 0 Å². The predicted molar refractivity (Wildman–Crippen MR) is 85.3 cm³/mol. The van der Waals surface area contributed by atoms with Crippen LogP contribution in [0.15, 0.2) is 29.2 Å². The molecular formula is C15H24N2O3S. The van der Waals surface area contributed by atoms with Gasteiger partial charge in [-0.25, -0.2) is 13.2 Å². The lowest BCUT2D eigenvalue weighted by Crippen LogP contribution is -2.36. The van der Waals surface area contributed by atoms with Crippen molar-refractivity contribution in [2.75, 3.05) is 11.6 Å². The number of sulfone groups is 1. The third-order valence-electron chi connectivity index (χ3n) is 3.15. The summed E-state index contributed by atoms with van der Waals surface area (Å²) >= 11 is 0. The molecule has 5 nitrogen and oxygen atoms in total. The van der Waals surface area contributed by atoms with Gasteiger partial charge in [0, 0.05) is 12.3 Å². The number of hydrogen-bond acceptors (Lipinski definition) is 3. The quantitative estimate of drug-likeness (QED) is 0.759. The minimum absolute atomic E-state index is 0.0574. The number of unbranched alkanes of at least 4 members (excludes halogenated alkanes) is 2. The molecule has 0 unspecified atom stereocenters. The van der Waals surface area contributed by atoms with Crippen LogP contribution in [0.4, 0.5) is 10.5 Å². The molecule has 6 heteroatoms. The molecule has 1 rings (SSSR count). The third-order valence-corrected chi connectivity index (χ3v) is 4.31. The highest BCUT2D eigenvalue weighted by Crippen LogP contribution is 2.20. The second-order valence-electron chi connectivity index (χ2n) is 5.26. The van der Waals surface area contributed by atoms with Gasteiger partial charge in [-0.3, -0.25) is 0 Å². The first-order valence-corrected chi connectivity index (χ1v) is 9.10. The highest BCUT2D eigenvalue weighted by molar-refractivity contribution is 7.90. The topological polar surface area (TPSA) is 75.3 Å². The van der Waals surface area contributed by atoms with Gasteiger partial charge in [0.1, 0.15) is 0 Å². The Hall–Kier alpha value is -1.56. The van der Waals surface area contributed by atoms with E-state index in [1.807, 2.05) is 6.92 Å². The lowest BCUT2D eigenvalue weighted by Gasteiger charge is -2.15. The summed E-state index contributed by atoms with van der Waals surface area (Å²) < 4.78 is 23.3. The van der Waals surface area contributed by atoms with Crippen molar-refractivity contribution in [1.82, 2.24) is 5.32 Å². The van der Waals surface area contributed by atoms with E-state index < -0.39 is 9.84 Å². The summed E-state index contributed by atoms with van der Waals surface area (Å²) in [6, 6.07) is 6.06. The molecule has 2 amide bonds. The van der Waals surface area contributed by atoms with Crippen LogP contribution in [0.3, 0.4) is 0 Å². The van der Waals surface area contributed by atoms with E-state index in [0.29, 0.717) is 5.69 Å². The average molecular weight is 312 g/mol. The maximum absolute atomic E-state index is 11.9. The first-order valence-electron chi connectivity index (χ1n) is 7.21. The summed E-state index contributed by atoms with van der Waals surface area (Å²) in [7, 11) is -3.37. The smallest absolute Gasteiger partial charge is 0.319 e. The number of benzene rings is 1. The number of carbonyl (C=O) groups is 1. The monoisotopic (exact) mass is 312 g/mol. The van der Waals surface area contributed by atoms with Gasteiger partial charge in [-0.15, -0.1) is 0 Å². The third kappa shape index (κ3) is 6.16. The molecule has 0 heterocycles. The first-order chi connectivity index (χ1) is 9.84. The van der Waals surface area contributed by atoms with Crippen molar-refractivity contribution in [3.8, 4) is 0 Å². The molecule has 0 aliphatic rings. The zero-order chi connectivity index (χ0) is 15.9. The van der Waals surface area contributed by atoms with Crippen LogP contribution in [0.1, 0.15) is 39.5 Å². The Balaban J connectivity index is 2.64. The van der Waals surface area contributed by atoms with Crippen molar-refractivity contribution in [1.29, 1.82) is 0 Å². The van der Waals surface area contributed by atoms with Crippen LogP contribution in [0.5, 0.6) is 0 Å². The van der Waals surface area contributed by atoms with Crippen LogP contribution < -0.4 is 10.6 Å². The minimum atomic E-state index is -3.37. The standard InChI is InChI=1S/C15H24N2O3S/c1-4-5-6-9-12(2)16-15(18)17-13-10-7-8-11-14(13)21(3,19)20/h7-8,10-12H,4-6,9H2,1-3H3,(H2,16,17,18)/t12-/m0/s1. The molecule has 0 saturated heterocycles. The molecule has 0 bridgehead atoms. The number of nitrogens with one attached hydrogen (secondary N) is 2. The van der Waals surface area contributed by atoms with E-state index in [9.17, 15) is 13.2 Å². The molecule has 118 valence electrons. The fraction of sp³-hybridized carbons (Fsp3) is 0.533. The number of hydrogen-bond donors (Lipinski definition) is 2. The zero-order valence-electron chi connectivity index (χ0n) is 12.8. The lowest BCUT2D eigenvalue weighted by molar-refractivity contribution is 0.248. The SMILES string of the molecule is CCCCC[C@H](C)NC(=O)Nc1ccccc1S(C)(=O)=O. The van der Waals surface area contributed by atoms with Crippen LogP contribution in [0, 0.1) is 0 Å². The fourth-order valence-corrected chi connectivity index (χ4v) is 2.89. The van der Waals surface area contributed by atoms with Gasteiger partial charge in [0.2, 0.25) is 0 Å². The van der Waals surface area contributed by atoms with Gasteiger partial charge in [0.25, 0.3) is 0 Å². The van der Waals surface area contributed by atoms with E-state index in [2.05, 4.69) is 17.6 Å². The van der Waals surface area contributed by atoms with Gasteiger partial charge in [-0.1, -0.05) is 38.3 Å². The number of carbonyl (C=O) groups excluding carboxylic acids is 1. The second-order valence-corrected chi connectivity index (χ2v) is 7.25. The Morgan fingerprint density at radius 2 is 1.90 bits per heavy atom. The van der Waals surface area contributed by atoms with Crippen molar-refractivity contribution >= 4 is 21.6 Å². The zero-order valence-corrected chi connectivity index (χ0v) is 13.7. The second kappa shape index (κ2) is 8.02. The summed E-state index contributed by atoms with van der Waals surface area (Å²) in [5.74, 6) is 0. The molecule has 2 N–H and O–H groups in total. The largest absolute Gasteiger partial charge is 0.335 e. The molecule has 0 aliphatic carbocycles. The van der Waals surface area contributed by atoms with E-state index in [-0.39, 0.29) is 17.0 Å². The van der Waals surface area contributed by atoms with E-state index in [1.54, 1.807) is 18.2 Å². The molecule has 0 aliphatic heterocycles. The maximum atomic E-state index is 11.9. The fourth-order valence-electron chi connectivity index (χ4n) is 2.05. The summed E-state index contributed by atoms with van der Waals surface area (Å²) in [5, 5.41) is 5.43. The molecule has 0 spiro atoms. The van der Waals surface area contributed by atoms with Gasteiger partial charge in [-0.2, -0.15) is 0 Å². The Kier molecular flexibility index (Phi) is 6.68. The lowest BCUT2D eigenvalue weighted by atomic mass is 10.1. The normalized spacial score (nSPS) is 12.7. The molecule has 0 saturated carbocycles. The van der Waals surface area contributed by atoms with Gasteiger partial charge in [-0.05, 0) is 25.5 Å². The summed E-state index contributed by atoms with van der Waals surface area (Å²) in [6.07, 6.45) is 5.39. The maximum Gasteiger partial charge on any atom is 0.319 e. The first kappa shape index (κ1) is 17.5. The Morgan fingerprint density at radius 1 is 1.24 bits per heavy atom. The van der Waals surface area contributed by atoms with Crippen LogP contribution >= 0.6 is 0 Å². The van der Waals surface area contributed by atoms with Gasteiger partial charge in [0.15, 0.2) is 9.84 Å². The van der Waals surface area contributed by atoms with Crippen LogP contribution in [-0.2, 0) is 9.84 Å². The van der Waals surface area contributed by atoms with Gasteiger partial charge >= 0.3 is 6.03 Å². The van der Waals surface area contributed by atoms with Gasteiger partial charge < -0.3 is 10.6 Å². The van der Waals surface area contributed by atoms with Crippen molar-refractivity contribution in [2.45, 2.75) is 50.5 Å². The number of urea groups is 1. The van der Waals surface area contributed by atoms with E-state index in [4.69, 9.17) is 0 Å². The summed E-state index contributed by atoms with van der Waals surface area (Å²) in [6.45, 7) is 4.07. The Bertz CT molecular complexity index is 570. The van der Waals surface area contributed by atoms with E-state index in [0.717, 1.165) is 31.9 Å². The minimum Gasteiger partial charge on any atom is -0.335 e. The van der Waals surface area contributed by atoms with Crippen molar-refractivity contribution < 1.29 is 13.2 Å². The Labute approximate surface area is 127 Å². The molecule has 0 aromatic heterocycles. The molecule has 1 aromatic carbocycles. The van der Waals surface area contributed by atoms with Crippen LogP contribution in [-0.4, -0.2) is 26.7 Å². The number of para-hydroxylation sites is 1. The molecule has 0 radical (unpaired) electrons. The summed E-state index contributed by atoms with van der Waals surface area (Å²) in [5.41, 5.74) is 0.304. The molecule has 21 heavy (non-hydrogen) atoms. The predicted octanol–water partition coefficient (Wildman–Crippen LogP) is 3.18. The highest BCUT2D eigenvalue weighted by atomic mass is 32.2. The van der Waals surface area contributed by atoms with Crippen molar-refractivity contribution in [2.24, 2.45) is 0 Å². The molecule has 0 fully saturated rings. The van der Waals surface area contributed by atoms with Crippen molar-refractivity contribution in [3.05, 3.63) is 24.3 Å². The Morgan fingerprint density at radius 3 is 2.52 bits per heavy atom. The molecule has 1 aromatic rings. The number of amides is 2. The van der Waals surface area contributed by atoms with Crippen LogP contribution in [0.25, 0.3) is 0 Å². The number of anilines is 1. The molecular weight excluding hydrogens is 288 g/mol. The average Bonchev–Trinajstić information content (AvgIpc) is 2.38. The number of rotatable bonds is 7.